The maximum absolute atomic E-state index is 13.0. The number of hydrogen-bond donors (Lipinski definition) is 0. The number of para-hydroxylation sites is 1. The fraction of sp³-hybridized carbons (Fsp3) is 0.316. The van der Waals surface area contributed by atoms with Gasteiger partial charge in [-0.25, -0.2) is 0 Å². The molecule has 2 aliphatic rings. The zero-order chi connectivity index (χ0) is 19.0. The van der Waals surface area contributed by atoms with E-state index in [1.54, 1.807) is 12.3 Å². The molecule has 0 amide bonds. The van der Waals surface area contributed by atoms with Crippen LogP contribution in [-0.2, 0) is 0 Å². The zero-order valence-corrected chi connectivity index (χ0v) is 15.5. The number of likely N-dealkylation sites (N-methyl/N-ethyl adjacent to an activating group) is 1. The summed E-state index contributed by atoms with van der Waals surface area (Å²) in [5.41, 5.74) is 1.94. The number of rotatable bonds is 2. The summed E-state index contributed by atoms with van der Waals surface area (Å²) in [4.78, 5) is 10.5. The van der Waals surface area contributed by atoms with Gasteiger partial charge in [-0.05, 0) is 31.3 Å². The summed E-state index contributed by atoms with van der Waals surface area (Å²) in [7, 11) is 2.00. The van der Waals surface area contributed by atoms with Crippen molar-refractivity contribution >= 4 is 29.4 Å². The van der Waals surface area contributed by atoms with E-state index in [1.807, 2.05) is 36.2 Å². The van der Waals surface area contributed by atoms with E-state index < -0.39 is 6.36 Å². The van der Waals surface area contributed by atoms with Gasteiger partial charge in [0, 0.05) is 47.7 Å². The lowest BCUT2D eigenvalue weighted by atomic mass is 10.1. The molecular formula is C19H18F3N3OS. The molecule has 0 atom stereocenters. The van der Waals surface area contributed by atoms with Crippen molar-refractivity contribution in [3.05, 3.63) is 42.0 Å². The molecule has 1 fully saturated rings. The second kappa shape index (κ2) is 7.09. The third-order valence-electron chi connectivity index (χ3n) is 4.60. The average molecular weight is 393 g/mol. The number of fused-ring (bicyclic) bond motifs is 2. The monoisotopic (exact) mass is 393 g/mol. The molecule has 4 rings (SSSR count). The van der Waals surface area contributed by atoms with Gasteiger partial charge in [0.05, 0.1) is 11.4 Å². The van der Waals surface area contributed by atoms with Gasteiger partial charge in [-0.3, -0.25) is 4.99 Å². The second-order valence-electron chi connectivity index (χ2n) is 6.49. The van der Waals surface area contributed by atoms with Crippen molar-refractivity contribution in [2.75, 3.05) is 38.1 Å². The molecule has 0 unspecified atom stereocenters. The molecule has 0 saturated carbocycles. The Morgan fingerprint density at radius 2 is 1.74 bits per heavy atom. The molecule has 8 heteroatoms. The Morgan fingerprint density at radius 1 is 1.00 bits per heavy atom. The van der Waals surface area contributed by atoms with Crippen molar-refractivity contribution in [2.45, 2.75) is 16.2 Å². The molecule has 142 valence electrons. The predicted octanol–water partition coefficient (Wildman–Crippen LogP) is 4.55. The van der Waals surface area contributed by atoms with Crippen molar-refractivity contribution in [3.63, 3.8) is 0 Å². The summed E-state index contributed by atoms with van der Waals surface area (Å²) >= 11 is 1.51. The van der Waals surface area contributed by atoms with Crippen molar-refractivity contribution in [3.8, 4) is 5.75 Å². The molecule has 0 N–H and O–H groups in total. The van der Waals surface area contributed by atoms with Crippen LogP contribution in [0.1, 0.15) is 5.56 Å². The van der Waals surface area contributed by atoms with Gasteiger partial charge in [0.2, 0.25) is 0 Å². The highest BCUT2D eigenvalue weighted by Gasteiger charge is 2.34. The molecule has 4 nitrogen and oxygen atoms in total. The minimum atomic E-state index is -4.74. The van der Waals surface area contributed by atoms with Crippen LogP contribution in [0, 0.1) is 0 Å². The van der Waals surface area contributed by atoms with Crippen LogP contribution in [0.25, 0.3) is 0 Å². The Hall–Kier alpha value is -2.19. The van der Waals surface area contributed by atoms with Crippen LogP contribution in [0.2, 0.25) is 0 Å². The maximum Gasteiger partial charge on any atom is 0.573 e. The first-order valence-electron chi connectivity index (χ1n) is 8.58. The van der Waals surface area contributed by atoms with Crippen LogP contribution in [0.4, 0.5) is 24.5 Å². The molecule has 0 aromatic heterocycles. The number of benzene rings is 2. The fourth-order valence-electron chi connectivity index (χ4n) is 3.25. The zero-order valence-electron chi connectivity index (χ0n) is 14.7. The number of aliphatic imine (C=N–C) groups is 1. The molecule has 2 heterocycles. The van der Waals surface area contributed by atoms with Gasteiger partial charge in [0.15, 0.2) is 5.75 Å². The molecule has 0 spiro atoms. The molecule has 27 heavy (non-hydrogen) atoms. The molecule has 2 aromatic rings. The average Bonchev–Trinajstić information content (AvgIpc) is 2.81. The van der Waals surface area contributed by atoms with Crippen LogP contribution in [0.15, 0.2) is 51.2 Å². The third kappa shape index (κ3) is 3.91. The van der Waals surface area contributed by atoms with Gasteiger partial charge in [-0.2, -0.15) is 0 Å². The Labute approximate surface area is 159 Å². The van der Waals surface area contributed by atoms with Crippen LogP contribution >= 0.6 is 11.8 Å². The van der Waals surface area contributed by atoms with Crippen molar-refractivity contribution in [1.29, 1.82) is 0 Å². The van der Waals surface area contributed by atoms with E-state index >= 15 is 0 Å². The smallest absolute Gasteiger partial charge is 0.404 e. The Balaban J connectivity index is 1.82. The normalized spacial score (nSPS) is 17.3. The SMILES string of the molecule is CN1CCN(c2c(OC(F)(F)F)ccc3c2C=Nc2ccccc2S3)CC1. The standard InChI is InChI=1S/C19H18F3N3OS/c1-24-8-10-25(11-9-24)18-13-12-23-14-4-2-3-5-17(14)27-16(13)7-6-15(18)26-19(20,21)22/h2-7,12H,8-11H2,1H3. The number of nitrogens with zero attached hydrogens (tertiary/aromatic N) is 3. The minimum Gasteiger partial charge on any atom is -0.404 e. The first-order valence-corrected chi connectivity index (χ1v) is 9.39. The Bertz CT molecular complexity index is 877. The van der Waals surface area contributed by atoms with E-state index in [4.69, 9.17) is 0 Å². The Morgan fingerprint density at radius 3 is 2.48 bits per heavy atom. The summed E-state index contributed by atoms with van der Waals surface area (Å²) in [5.74, 6) is -0.177. The van der Waals surface area contributed by atoms with Gasteiger partial charge in [0.1, 0.15) is 0 Å². The van der Waals surface area contributed by atoms with Gasteiger partial charge in [-0.1, -0.05) is 23.9 Å². The van der Waals surface area contributed by atoms with E-state index in [9.17, 15) is 13.2 Å². The summed E-state index contributed by atoms with van der Waals surface area (Å²) < 4.78 is 43.3. The summed E-state index contributed by atoms with van der Waals surface area (Å²) in [6.07, 6.45) is -3.08. The number of piperazine rings is 1. The molecular weight excluding hydrogens is 375 g/mol. The van der Waals surface area contributed by atoms with Crippen LogP contribution < -0.4 is 9.64 Å². The van der Waals surface area contributed by atoms with Gasteiger partial charge < -0.3 is 14.5 Å². The first kappa shape index (κ1) is 18.2. The van der Waals surface area contributed by atoms with Gasteiger partial charge >= 0.3 is 6.36 Å². The topological polar surface area (TPSA) is 28.1 Å². The van der Waals surface area contributed by atoms with Crippen molar-refractivity contribution in [1.82, 2.24) is 4.90 Å². The van der Waals surface area contributed by atoms with E-state index in [0.717, 1.165) is 28.6 Å². The maximum atomic E-state index is 13.0. The highest BCUT2D eigenvalue weighted by Crippen LogP contribution is 2.45. The summed E-state index contributed by atoms with van der Waals surface area (Å²) in [6.45, 7) is 2.82. The largest absolute Gasteiger partial charge is 0.573 e. The lowest BCUT2D eigenvalue weighted by Gasteiger charge is -2.36. The first-order chi connectivity index (χ1) is 12.9. The predicted molar refractivity (Wildman–Crippen MR) is 101 cm³/mol. The molecule has 0 aliphatic carbocycles. The molecule has 2 aromatic carbocycles. The van der Waals surface area contributed by atoms with Gasteiger partial charge in [-0.15, -0.1) is 13.2 Å². The van der Waals surface area contributed by atoms with E-state index in [2.05, 4.69) is 14.6 Å². The van der Waals surface area contributed by atoms with E-state index in [-0.39, 0.29) is 5.75 Å². The van der Waals surface area contributed by atoms with Gasteiger partial charge in [0.25, 0.3) is 0 Å². The van der Waals surface area contributed by atoms with Crippen LogP contribution in [0.3, 0.4) is 0 Å². The number of hydrogen-bond acceptors (Lipinski definition) is 5. The molecule has 2 aliphatic heterocycles. The van der Waals surface area contributed by atoms with Crippen LogP contribution in [0.5, 0.6) is 5.75 Å². The Kier molecular flexibility index (Phi) is 4.77. The second-order valence-corrected chi connectivity index (χ2v) is 7.57. The summed E-state index contributed by atoms with van der Waals surface area (Å²) in [6, 6.07) is 10.8. The minimum absolute atomic E-state index is 0.177. The number of ether oxygens (including phenoxy) is 1. The molecule has 0 bridgehead atoms. The lowest BCUT2D eigenvalue weighted by Crippen LogP contribution is -2.45. The quantitative estimate of drug-likeness (QED) is 0.639. The highest BCUT2D eigenvalue weighted by molar-refractivity contribution is 7.99. The molecule has 0 radical (unpaired) electrons. The van der Waals surface area contributed by atoms with Crippen LogP contribution in [-0.4, -0.2) is 50.7 Å². The van der Waals surface area contributed by atoms with Crippen molar-refractivity contribution in [2.24, 2.45) is 4.99 Å². The lowest BCUT2D eigenvalue weighted by molar-refractivity contribution is -0.274. The highest BCUT2D eigenvalue weighted by atomic mass is 32.2. The van der Waals surface area contributed by atoms with E-state index in [1.165, 1.54) is 17.8 Å². The van der Waals surface area contributed by atoms with E-state index in [0.29, 0.717) is 24.3 Å². The third-order valence-corrected chi connectivity index (χ3v) is 5.74. The number of alkyl halides is 3. The fourth-order valence-corrected chi connectivity index (χ4v) is 4.25. The number of halogens is 3. The number of anilines is 1. The van der Waals surface area contributed by atoms with Crippen molar-refractivity contribution < 1.29 is 17.9 Å². The summed E-state index contributed by atoms with van der Waals surface area (Å²) in [5, 5.41) is 0. The molecule has 1 saturated heterocycles.